The highest BCUT2D eigenvalue weighted by Crippen LogP contribution is 2.40. The standard InChI is InChI=1S/C37H59BrO4/c1-4-7-10-13-16-19-26-39-35-29-32(31-42-34-24-22-33(38)23-25-34)30-36(40-27-20-17-14-11-8-5-2)37(35)41-28-21-18-15-12-9-6-3/h22-25,29-30H,4-21,26-28,31H2,1-3H3. The summed E-state index contributed by atoms with van der Waals surface area (Å²) in [4.78, 5) is 0. The van der Waals surface area contributed by atoms with E-state index >= 15 is 0 Å². The minimum Gasteiger partial charge on any atom is -0.490 e. The van der Waals surface area contributed by atoms with Crippen molar-refractivity contribution in [2.75, 3.05) is 19.8 Å². The van der Waals surface area contributed by atoms with Gasteiger partial charge in [-0.25, -0.2) is 0 Å². The molecule has 0 fully saturated rings. The first-order chi connectivity index (χ1) is 20.7. The van der Waals surface area contributed by atoms with Crippen LogP contribution in [-0.2, 0) is 6.61 Å². The van der Waals surface area contributed by atoms with Crippen LogP contribution in [0.15, 0.2) is 40.9 Å². The van der Waals surface area contributed by atoms with Crippen LogP contribution in [-0.4, -0.2) is 19.8 Å². The zero-order chi connectivity index (χ0) is 30.1. The normalized spacial score (nSPS) is 11.0. The van der Waals surface area contributed by atoms with Gasteiger partial charge in [0.05, 0.1) is 19.8 Å². The van der Waals surface area contributed by atoms with Crippen molar-refractivity contribution in [3.05, 3.63) is 46.4 Å². The predicted octanol–water partition coefficient (Wildman–Crippen LogP) is 12.2. The maximum atomic E-state index is 6.43. The average Bonchev–Trinajstić information content (AvgIpc) is 3.00. The van der Waals surface area contributed by atoms with E-state index in [1.165, 1.54) is 96.3 Å². The van der Waals surface area contributed by atoms with Crippen LogP contribution in [0.5, 0.6) is 23.0 Å². The molecule has 0 saturated heterocycles. The topological polar surface area (TPSA) is 36.9 Å². The van der Waals surface area contributed by atoms with Gasteiger partial charge in [-0.15, -0.1) is 0 Å². The second-order valence-electron chi connectivity index (χ2n) is 11.5. The summed E-state index contributed by atoms with van der Waals surface area (Å²) in [6.45, 7) is 9.28. The van der Waals surface area contributed by atoms with Gasteiger partial charge >= 0.3 is 0 Å². The Balaban J connectivity index is 2.11. The number of benzene rings is 2. The van der Waals surface area contributed by atoms with Gasteiger partial charge in [0.1, 0.15) is 12.4 Å². The van der Waals surface area contributed by atoms with E-state index in [4.69, 9.17) is 18.9 Å². The van der Waals surface area contributed by atoms with Crippen LogP contribution >= 0.6 is 15.9 Å². The first-order valence-electron chi connectivity index (χ1n) is 17.1. The number of hydrogen-bond acceptors (Lipinski definition) is 4. The Hall–Kier alpha value is -1.88. The maximum Gasteiger partial charge on any atom is 0.203 e. The summed E-state index contributed by atoms with van der Waals surface area (Å²) >= 11 is 3.50. The lowest BCUT2D eigenvalue weighted by Crippen LogP contribution is -2.08. The van der Waals surface area contributed by atoms with Gasteiger partial charge in [0.2, 0.25) is 5.75 Å². The first kappa shape index (κ1) is 36.3. The smallest absolute Gasteiger partial charge is 0.203 e. The Morgan fingerprint density at radius 2 is 0.881 bits per heavy atom. The molecule has 0 aromatic heterocycles. The summed E-state index contributed by atoms with van der Waals surface area (Å²) < 4.78 is 26.4. The highest BCUT2D eigenvalue weighted by molar-refractivity contribution is 9.10. The van der Waals surface area contributed by atoms with Gasteiger partial charge in [0, 0.05) is 4.47 Å². The lowest BCUT2D eigenvalue weighted by atomic mass is 10.1. The lowest BCUT2D eigenvalue weighted by molar-refractivity contribution is 0.232. The van der Waals surface area contributed by atoms with E-state index in [9.17, 15) is 0 Å². The quantitative estimate of drug-likeness (QED) is 0.0904. The van der Waals surface area contributed by atoms with Crippen LogP contribution in [0.2, 0.25) is 0 Å². The molecule has 0 atom stereocenters. The minimum atomic E-state index is 0.445. The van der Waals surface area contributed by atoms with Crippen molar-refractivity contribution >= 4 is 15.9 Å². The van der Waals surface area contributed by atoms with Crippen molar-refractivity contribution < 1.29 is 18.9 Å². The van der Waals surface area contributed by atoms with E-state index in [1.807, 2.05) is 24.3 Å². The van der Waals surface area contributed by atoms with E-state index in [1.54, 1.807) is 0 Å². The minimum absolute atomic E-state index is 0.445. The lowest BCUT2D eigenvalue weighted by Gasteiger charge is -2.19. The summed E-state index contributed by atoms with van der Waals surface area (Å²) in [6, 6.07) is 12.1. The summed E-state index contributed by atoms with van der Waals surface area (Å²) in [5.41, 5.74) is 1.03. The van der Waals surface area contributed by atoms with E-state index in [2.05, 4.69) is 48.8 Å². The number of halogens is 1. The molecular weight excluding hydrogens is 588 g/mol. The van der Waals surface area contributed by atoms with Crippen molar-refractivity contribution in [1.29, 1.82) is 0 Å². The number of unbranched alkanes of at least 4 members (excludes halogenated alkanes) is 15. The third kappa shape index (κ3) is 16.7. The van der Waals surface area contributed by atoms with Crippen LogP contribution < -0.4 is 18.9 Å². The molecule has 0 bridgehead atoms. The average molecular weight is 648 g/mol. The van der Waals surface area contributed by atoms with E-state index in [0.717, 1.165) is 52.3 Å². The summed E-state index contributed by atoms with van der Waals surface area (Å²) in [5.74, 6) is 3.16. The van der Waals surface area contributed by atoms with Crippen LogP contribution in [0.4, 0.5) is 0 Å². The zero-order valence-electron chi connectivity index (χ0n) is 27.0. The third-order valence-corrected chi connectivity index (χ3v) is 8.08. The van der Waals surface area contributed by atoms with Crippen LogP contribution in [0.1, 0.15) is 142 Å². The molecule has 0 aliphatic rings. The molecule has 0 amide bonds. The second kappa shape index (κ2) is 24.6. The van der Waals surface area contributed by atoms with Crippen molar-refractivity contribution in [3.63, 3.8) is 0 Å². The molecule has 0 heterocycles. The molecule has 0 N–H and O–H groups in total. The zero-order valence-corrected chi connectivity index (χ0v) is 28.6. The molecule has 0 aliphatic carbocycles. The van der Waals surface area contributed by atoms with E-state index in [0.29, 0.717) is 26.4 Å². The summed E-state index contributed by atoms with van der Waals surface area (Å²) in [6.07, 6.45) is 22.2. The predicted molar refractivity (Wildman–Crippen MR) is 182 cm³/mol. The molecule has 2 aromatic rings. The van der Waals surface area contributed by atoms with Crippen LogP contribution in [0.25, 0.3) is 0 Å². The molecule has 4 nitrogen and oxygen atoms in total. The molecule has 2 aromatic carbocycles. The molecule has 238 valence electrons. The van der Waals surface area contributed by atoms with Crippen LogP contribution in [0, 0.1) is 0 Å². The molecule has 0 radical (unpaired) electrons. The van der Waals surface area contributed by atoms with Gasteiger partial charge in [0.15, 0.2) is 11.5 Å². The Labute approximate surface area is 266 Å². The van der Waals surface area contributed by atoms with E-state index < -0.39 is 0 Å². The third-order valence-electron chi connectivity index (χ3n) is 7.55. The van der Waals surface area contributed by atoms with Crippen LogP contribution in [0.3, 0.4) is 0 Å². The molecule has 2 rings (SSSR count). The molecule has 0 spiro atoms. The number of ether oxygens (including phenoxy) is 4. The highest BCUT2D eigenvalue weighted by Gasteiger charge is 2.17. The number of rotatable bonds is 27. The fourth-order valence-electron chi connectivity index (χ4n) is 4.95. The van der Waals surface area contributed by atoms with Gasteiger partial charge in [-0.3, -0.25) is 0 Å². The Bertz CT molecular complexity index is 875. The molecule has 0 saturated carbocycles. The van der Waals surface area contributed by atoms with Gasteiger partial charge < -0.3 is 18.9 Å². The fraction of sp³-hybridized carbons (Fsp3) is 0.676. The molecule has 42 heavy (non-hydrogen) atoms. The van der Waals surface area contributed by atoms with Crippen molar-refractivity contribution in [2.24, 2.45) is 0 Å². The molecule has 5 heteroatoms. The largest absolute Gasteiger partial charge is 0.490 e. The van der Waals surface area contributed by atoms with Crippen molar-refractivity contribution in [3.8, 4) is 23.0 Å². The SMILES string of the molecule is CCCCCCCCOc1cc(COc2ccc(Br)cc2)cc(OCCCCCCCC)c1OCCCCCCCC. The first-order valence-corrected chi connectivity index (χ1v) is 17.9. The summed E-state index contributed by atoms with van der Waals surface area (Å²) in [5, 5.41) is 0. The van der Waals surface area contributed by atoms with Gasteiger partial charge in [-0.05, 0) is 61.2 Å². The molecular formula is C37H59BrO4. The summed E-state index contributed by atoms with van der Waals surface area (Å²) in [7, 11) is 0. The number of hydrogen-bond donors (Lipinski definition) is 0. The Morgan fingerprint density at radius 3 is 1.33 bits per heavy atom. The second-order valence-corrected chi connectivity index (χ2v) is 12.4. The molecule has 0 unspecified atom stereocenters. The van der Waals surface area contributed by atoms with Gasteiger partial charge in [0.25, 0.3) is 0 Å². The van der Waals surface area contributed by atoms with Gasteiger partial charge in [-0.1, -0.05) is 133 Å². The maximum absolute atomic E-state index is 6.43. The van der Waals surface area contributed by atoms with Gasteiger partial charge in [-0.2, -0.15) is 0 Å². The fourth-order valence-corrected chi connectivity index (χ4v) is 5.22. The van der Waals surface area contributed by atoms with E-state index in [-0.39, 0.29) is 0 Å². The highest BCUT2D eigenvalue weighted by atomic mass is 79.9. The van der Waals surface area contributed by atoms with Crippen molar-refractivity contribution in [1.82, 2.24) is 0 Å². The van der Waals surface area contributed by atoms with Crippen molar-refractivity contribution in [2.45, 2.75) is 143 Å². The Morgan fingerprint density at radius 1 is 0.476 bits per heavy atom. The monoisotopic (exact) mass is 646 g/mol. The molecule has 0 aliphatic heterocycles. The Kier molecular flexibility index (Phi) is 21.2.